The Morgan fingerprint density at radius 2 is 1.95 bits per heavy atom. The van der Waals surface area contributed by atoms with Gasteiger partial charge in [0.1, 0.15) is 0 Å². The molecule has 0 bridgehead atoms. The number of hydrogen-bond donors (Lipinski definition) is 1. The van der Waals surface area contributed by atoms with E-state index in [-0.39, 0.29) is 0 Å². The molecule has 1 saturated carbocycles. The van der Waals surface area contributed by atoms with Crippen LogP contribution in [0.25, 0.3) is 0 Å². The van der Waals surface area contributed by atoms with Crippen LogP contribution >= 0.6 is 0 Å². The summed E-state index contributed by atoms with van der Waals surface area (Å²) >= 11 is 0. The highest BCUT2D eigenvalue weighted by Crippen LogP contribution is 2.41. The predicted molar refractivity (Wildman–Crippen MR) is 80.1 cm³/mol. The van der Waals surface area contributed by atoms with Gasteiger partial charge in [0.25, 0.3) is 0 Å². The molecule has 1 N–H and O–H groups in total. The smallest absolute Gasteiger partial charge is 0.0403 e. The van der Waals surface area contributed by atoms with E-state index >= 15 is 0 Å². The summed E-state index contributed by atoms with van der Waals surface area (Å²) in [6.45, 7) is 0.862. The highest BCUT2D eigenvalue weighted by Gasteiger charge is 2.25. The average molecular weight is 247 g/mol. The van der Waals surface area contributed by atoms with Gasteiger partial charge < -0.3 is 5.32 Å². The van der Waals surface area contributed by atoms with Gasteiger partial charge in [-0.05, 0) is 48.1 Å². The number of hydrogen-bond acceptors (Lipinski definition) is 1. The van der Waals surface area contributed by atoms with Gasteiger partial charge in [-0.2, -0.15) is 0 Å². The predicted octanol–water partition coefficient (Wildman–Crippen LogP) is 4.16. The summed E-state index contributed by atoms with van der Waals surface area (Å²) in [6.07, 6.45) is 8.09. The third-order valence-electron chi connectivity index (χ3n) is 3.58. The summed E-state index contributed by atoms with van der Waals surface area (Å²) in [5, 5.41) is 3.46. The van der Waals surface area contributed by atoms with Crippen LogP contribution in [-0.4, -0.2) is 0 Å². The summed E-state index contributed by atoms with van der Waals surface area (Å²) < 4.78 is 0. The van der Waals surface area contributed by atoms with Crippen molar-refractivity contribution in [3.05, 3.63) is 65.2 Å². The summed E-state index contributed by atoms with van der Waals surface area (Å²) in [6, 6.07) is 16.7. The zero-order valence-corrected chi connectivity index (χ0v) is 10.9. The summed E-state index contributed by atoms with van der Waals surface area (Å²) in [7, 11) is 0. The molecule has 0 atom stereocenters. The molecule has 0 spiro atoms. The van der Waals surface area contributed by atoms with E-state index in [9.17, 15) is 0 Å². The lowest BCUT2D eigenvalue weighted by molar-refractivity contribution is 1.04. The number of anilines is 1. The third kappa shape index (κ3) is 2.80. The topological polar surface area (TPSA) is 12.0 Å². The quantitative estimate of drug-likeness (QED) is 0.800. The lowest BCUT2D eigenvalue weighted by atomic mass is 10.0. The molecule has 0 radical (unpaired) electrons. The normalized spacial score (nSPS) is 13.8. The van der Waals surface area contributed by atoms with E-state index in [4.69, 9.17) is 6.42 Å². The molecule has 1 fully saturated rings. The molecule has 19 heavy (non-hydrogen) atoms. The Morgan fingerprint density at radius 3 is 2.74 bits per heavy atom. The Hall–Kier alpha value is -2.20. The van der Waals surface area contributed by atoms with Gasteiger partial charge in [-0.3, -0.25) is 0 Å². The molecule has 2 aromatic rings. The maximum absolute atomic E-state index is 5.42. The van der Waals surface area contributed by atoms with Gasteiger partial charge in [-0.25, -0.2) is 0 Å². The fraction of sp³-hybridized carbons (Fsp3) is 0.222. The van der Waals surface area contributed by atoms with Crippen molar-refractivity contribution in [1.29, 1.82) is 0 Å². The average Bonchev–Trinajstić information content (AvgIpc) is 3.30. The van der Waals surface area contributed by atoms with Crippen LogP contribution in [0, 0.1) is 12.3 Å². The second-order valence-electron chi connectivity index (χ2n) is 5.05. The number of nitrogens with one attached hydrogen (secondary N) is 1. The van der Waals surface area contributed by atoms with Crippen LogP contribution in [0.3, 0.4) is 0 Å². The maximum Gasteiger partial charge on any atom is 0.0403 e. The monoisotopic (exact) mass is 247 g/mol. The van der Waals surface area contributed by atoms with E-state index in [2.05, 4.69) is 41.6 Å². The lowest BCUT2D eigenvalue weighted by Gasteiger charge is -2.11. The molecule has 1 aliphatic carbocycles. The minimum atomic E-state index is 0.787. The van der Waals surface area contributed by atoms with Crippen LogP contribution in [-0.2, 0) is 6.54 Å². The highest BCUT2D eigenvalue weighted by atomic mass is 14.9. The Bertz CT molecular complexity index is 618. The molecule has 3 rings (SSSR count). The van der Waals surface area contributed by atoms with Crippen molar-refractivity contribution in [3.63, 3.8) is 0 Å². The van der Waals surface area contributed by atoms with E-state index in [1.807, 2.05) is 18.2 Å². The van der Waals surface area contributed by atoms with Crippen molar-refractivity contribution < 1.29 is 0 Å². The van der Waals surface area contributed by atoms with Crippen LogP contribution in [0.15, 0.2) is 48.5 Å². The SMILES string of the molecule is C#Cc1cccc(NCc2ccccc2C2CC2)c1. The number of rotatable bonds is 4. The largest absolute Gasteiger partial charge is 0.381 e. The molecular formula is C18H17N. The zero-order valence-electron chi connectivity index (χ0n) is 10.9. The molecule has 0 unspecified atom stereocenters. The van der Waals surface area contributed by atoms with Crippen molar-refractivity contribution in [1.82, 2.24) is 0 Å². The van der Waals surface area contributed by atoms with E-state index in [1.165, 1.54) is 24.0 Å². The van der Waals surface area contributed by atoms with Crippen molar-refractivity contribution in [2.24, 2.45) is 0 Å². The molecule has 1 heteroatoms. The maximum atomic E-state index is 5.42. The Kier molecular flexibility index (Phi) is 3.25. The van der Waals surface area contributed by atoms with E-state index in [0.717, 1.165) is 23.7 Å². The van der Waals surface area contributed by atoms with Crippen molar-refractivity contribution in [2.45, 2.75) is 25.3 Å². The Morgan fingerprint density at radius 1 is 1.11 bits per heavy atom. The van der Waals surface area contributed by atoms with Gasteiger partial charge in [0.05, 0.1) is 0 Å². The Balaban J connectivity index is 1.74. The first-order valence-electron chi connectivity index (χ1n) is 6.75. The van der Waals surface area contributed by atoms with Gasteiger partial charge in [0.2, 0.25) is 0 Å². The molecule has 0 heterocycles. The van der Waals surface area contributed by atoms with E-state index in [0.29, 0.717) is 0 Å². The molecule has 0 saturated heterocycles. The van der Waals surface area contributed by atoms with Gasteiger partial charge in [-0.1, -0.05) is 36.3 Å². The first-order valence-corrected chi connectivity index (χ1v) is 6.75. The standard InChI is InChI=1S/C18H17N/c1-2-14-6-5-8-17(12-14)19-13-16-7-3-4-9-18(16)15-10-11-15/h1,3-9,12,15,19H,10-11,13H2. The lowest BCUT2D eigenvalue weighted by Crippen LogP contribution is -2.02. The molecule has 2 aromatic carbocycles. The molecule has 1 nitrogen and oxygen atoms in total. The molecule has 0 aliphatic heterocycles. The fourth-order valence-corrected chi connectivity index (χ4v) is 2.40. The molecule has 0 amide bonds. The van der Waals surface area contributed by atoms with Crippen molar-refractivity contribution >= 4 is 5.69 Å². The van der Waals surface area contributed by atoms with Gasteiger partial charge in [0, 0.05) is 17.8 Å². The van der Waals surface area contributed by atoms with Crippen LogP contribution < -0.4 is 5.32 Å². The second-order valence-corrected chi connectivity index (χ2v) is 5.05. The number of terminal acetylenes is 1. The summed E-state index contributed by atoms with van der Waals surface area (Å²) in [5.41, 5.74) is 4.90. The molecule has 0 aromatic heterocycles. The van der Waals surface area contributed by atoms with Gasteiger partial charge >= 0.3 is 0 Å². The number of benzene rings is 2. The second kappa shape index (κ2) is 5.20. The van der Waals surface area contributed by atoms with E-state index in [1.54, 1.807) is 0 Å². The highest BCUT2D eigenvalue weighted by molar-refractivity contribution is 5.50. The van der Waals surface area contributed by atoms with Crippen LogP contribution in [0.2, 0.25) is 0 Å². The molecule has 94 valence electrons. The van der Waals surface area contributed by atoms with Gasteiger partial charge in [-0.15, -0.1) is 6.42 Å². The summed E-state index contributed by atoms with van der Waals surface area (Å²) in [5.74, 6) is 3.45. The third-order valence-corrected chi connectivity index (χ3v) is 3.58. The molecular weight excluding hydrogens is 230 g/mol. The van der Waals surface area contributed by atoms with Crippen LogP contribution in [0.1, 0.15) is 35.4 Å². The van der Waals surface area contributed by atoms with Crippen molar-refractivity contribution in [3.8, 4) is 12.3 Å². The van der Waals surface area contributed by atoms with Gasteiger partial charge in [0.15, 0.2) is 0 Å². The molecule has 1 aliphatic rings. The fourth-order valence-electron chi connectivity index (χ4n) is 2.40. The minimum Gasteiger partial charge on any atom is -0.381 e. The Labute approximate surface area is 114 Å². The first kappa shape index (κ1) is 11.9. The van der Waals surface area contributed by atoms with Crippen LogP contribution in [0.4, 0.5) is 5.69 Å². The van der Waals surface area contributed by atoms with E-state index < -0.39 is 0 Å². The minimum absolute atomic E-state index is 0.787. The zero-order chi connectivity index (χ0) is 13.1. The first-order chi connectivity index (χ1) is 9.36. The van der Waals surface area contributed by atoms with Crippen molar-refractivity contribution in [2.75, 3.05) is 5.32 Å². The summed E-state index contributed by atoms with van der Waals surface area (Å²) in [4.78, 5) is 0. The van der Waals surface area contributed by atoms with Crippen LogP contribution in [0.5, 0.6) is 0 Å².